The van der Waals surface area contributed by atoms with Crippen molar-refractivity contribution in [3.8, 4) is 27.9 Å². The fourth-order valence-corrected chi connectivity index (χ4v) is 10.7. The molecular formula is C61H41N3. The van der Waals surface area contributed by atoms with Crippen LogP contribution in [0.2, 0.25) is 0 Å². The van der Waals surface area contributed by atoms with Crippen LogP contribution in [0.4, 0.5) is 34.1 Å². The number of fused-ring (bicyclic) bond motifs is 13. The number of hydrogen-bond donors (Lipinski definition) is 0. The maximum absolute atomic E-state index is 9.19. The van der Waals surface area contributed by atoms with Gasteiger partial charge in [0.2, 0.25) is 0 Å². The number of aromatic nitrogens is 1. The van der Waals surface area contributed by atoms with Crippen molar-refractivity contribution in [2.75, 3.05) is 9.80 Å². The lowest BCUT2D eigenvalue weighted by Crippen LogP contribution is -2.26. The summed E-state index contributed by atoms with van der Waals surface area (Å²) in [6, 6.07) is 75.0. The van der Waals surface area contributed by atoms with Gasteiger partial charge < -0.3 is 14.4 Å². The number of benzene rings is 10. The first-order valence-corrected chi connectivity index (χ1v) is 21.7. The van der Waals surface area contributed by atoms with Crippen LogP contribution in [0.15, 0.2) is 249 Å². The normalized spacial score (nSPS) is 15.4. The van der Waals surface area contributed by atoms with E-state index in [2.05, 4.69) is 191 Å². The van der Waals surface area contributed by atoms with Crippen LogP contribution in [0.3, 0.4) is 0 Å². The second-order valence-corrected chi connectivity index (χ2v) is 16.5. The Balaban J connectivity index is 1.06. The monoisotopic (exact) mass is 820 g/mol. The molecule has 1 spiro atoms. The minimum absolute atomic E-state index is 0.0913. The van der Waals surface area contributed by atoms with Crippen LogP contribution in [-0.4, -0.2) is 4.57 Å². The molecule has 0 aliphatic heterocycles. The SMILES string of the molecule is [2H]c1c([2H])c([2H])c(N(c2ccccc2)c2ccc3c(c2)C2(c4ccccc4-c4ccc(N(c5ccccc5)c5ccc6c(c5)c5ccccc5n6-c5ccccc5)cc42)c2ccccc2-3)c([2H])c1[2H]. The summed E-state index contributed by atoms with van der Waals surface area (Å²) in [7, 11) is 0. The lowest BCUT2D eigenvalue weighted by Gasteiger charge is -2.33. The average molecular weight is 821 g/mol. The molecule has 0 N–H and O–H groups in total. The maximum atomic E-state index is 9.19. The molecule has 13 rings (SSSR count). The number of anilines is 6. The zero-order valence-electron chi connectivity index (χ0n) is 39.6. The third-order valence-corrected chi connectivity index (χ3v) is 13.2. The lowest BCUT2D eigenvalue weighted by atomic mass is 9.70. The molecule has 0 amide bonds. The lowest BCUT2D eigenvalue weighted by molar-refractivity contribution is 0.793. The molecular weight excluding hydrogens is 775 g/mol. The summed E-state index contributed by atoms with van der Waals surface area (Å²) in [4.78, 5) is 4.18. The van der Waals surface area contributed by atoms with Gasteiger partial charge in [-0.05, 0) is 142 Å². The van der Waals surface area contributed by atoms with Gasteiger partial charge >= 0.3 is 0 Å². The highest BCUT2D eigenvalue weighted by atomic mass is 15.1. The van der Waals surface area contributed by atoms with Gasteiger partial charge in [0.1, 0.15) is 0 Å². The van der Waals surface area contributed by atoms with Gasteiger partial charge in [-0.3, -0.25) is 0 Å². The van der Waals surface area contributed by atoms with Crippen molar-refractivity contribution in [2.45, 2.75) is 5.41 Å². The highest BCUT2D eigenvalue weighted by Crippen LogP contribution is 2.64. The summed E-state index contributed by atoms with van der Waals surface area (Å²) in [6.07, 6.45) is 0. The van der Waals surface area contributed by atoms with Gasteiger partial charge in [0.25, 0.3) is 0 Å². The first-order chi connectivity index (χ1) is 33.8. The van der Waals surface area contributed by atoms with E-state index >= 15 is 0 Å². The fourth-order valence-electron chi connectivity index (χ4n) is 10.7. The summed E-state index contributed by atoms with van der Waals surface area (Å²) in [5, 5.41) is 2.34. The van der Waals surface area contributed by atoms with E-state index in [0.717, 1.165) is 83.7 Å². The van der Waals surface area contributed by atoms with E-state index in [4.69, 9.17) is 4.11 Å². The van der Waals surface area contributed by atoms with E-state index in [0.29, 0.717) is 11.4 Å². The average Bonchev–Trinajstić information content (AvgIpc) is 4.01. The first kappa shape index (κ1) is 31.4. The van der Waals surface area contributed by atoms with Crippen molar-refractivity contribution >= 4 is 55.9 Å². The minimum Gasteiger partial charge on any atom is -0.310 e. The van der Waals surface area contributed by atoms with Gasteiger partial charge in [-0.25, -0.2) is 0 Å². The maximum Gasteiger partial charge on any atom is 0.0727 e. The summed E-state index contributed by atoms with van der Waals surface area (Å²) < 4.78 is 46.6. The zero-order chi connectivity index (χ0) is 46.5. The fraction of sp³-hybridized carbons (Fsp3) is 0.0164. The Morgan fingerprint density at radius 2 is 0.781 bits per heavy atom. The van der Waals surface area contributed by atoms with E-state index in [-0.39, 0.29) is 29.9 Å². The molecule has 0 saturated heterocycles. The van der Waals surface area contributed by atoms with Crippen LogP contribution in [0.5, 0.6) is 0 Å². The van der Waals surface area contributed by atoms with Crippen molar-refractivity contribution in [1.29, 1.82) is 0 Å². The molecule has 3 nitrogen and oxygen atoms in total. The Kier molecular flexibility index (Phi) is 7.04. The smallest absolute Gasteiger partial charge is 0.0727 e. The van der Waals surface area contributed by atoms with Gasteiger partial charge in [-0.15, -0.1) is 0 Å². The second-order valence-electron chi connectivity index (χ2n) is 16.5. The molecule has 1 heterocycles. The topological polar surface area (TPSA) is 11.4 Å². The number of nitrogens with zero attached hydrogens (tertiary/aromatic N) is 3. The molecule has 64 heavy (non-hydrogen) atoms. The quantitative estimate of drug-likeness (QED) is 0.159. The van der Waals surface area contributed by atoms with Crippen LogP contribution in [0.25, 0.3) is 49.7 Å². The molecule has 1 aromatic heterocycles. The van der Waals surface area contributed by atoms with Crippen LogP contribution in [0, 0.1) is 0 Å². The Morgan fingerprint density at radius 3 is 1.39 bits per heavy atom. The van der Waals surface area contributed by atoms with Crippen molar-refractivity contribution < 1.29 is 6.85 Å². The van der Waals surface area contributed by atoms with E-state index in [1.807, 2.05) is 41.3 Å². The van der Waals surface area contributed by atoms with Gasteiger partial charge in [-0.2, -0.15) is 0 Å². The van der Waals surface area contributed by atoms with Crippen molar-refractivity contribution in [3.63, 3.8) is 0 Å². The minimum atomic E-state index is -0.776. The van der Waals surface area contributed by atoms with Gasteiger partial charge in [-0.1, -0.05) is 152 Å². The van der Waals surface area contributed by atoms with Crippen molar-refractivity contribution in [2.24, 2.45) is 0 Å². The van der Waals surface area contributed by atoms with Crippen molar-refractivity contribution in [1.82, 2.24) is 4.57 Å². The number of para-hydroxylation sites is 5. The molecule has 11 aromatic rings. The molecule has 10 aromatic carbocycles. The first-order valence-electron chi connectivity index (χ1n) is 24.2. The molecule has 2 aliphatic rings. The summed E-state index contributed by atoms with van der Waals surface area (Å²) in [5.74, 6) is 0. The zero-order valence-corrected chi connectivity index (χ0v) is 34.6. The predicted octanol–water partition coefficient (Wildman–Crippen LogP) is 16.1. The van der Waals surface area contributed by atoms with Crippen LogP contribution in [-0.2, 0) is 5.41 Å². The number of hydrogen-bond acceptors (Lipinski definition) is 2. The van der Waals surface area contributed by atoms with E-state index in [9.17, 15) is 2.74 Å². The standard InChI is InChI=1S/C61H41N3/c1-5-19-42(20-6-1)62(43-21-7-2-8-22-43)47-33-36-51-49-27-13-16-30-55(49)61(57(51)40-47)56-31-17-14-28-50(56)52-37-34-48(41-58(52)61)63(44-23-9-3-10-24-44)46-35-38-60-54(39-46)53-29-15-18-32-59(53)64(60)45-25-11-4-12-26-45/h1-41H/i1D,5D,6D,19D,20D. The molecule has 0 fully saturated rings. The summed E-state index contributed by atoms with van der Waals surface area (Å²) in [5.41, 5.74) is 16.1. The second kappa shape index (κ2) is 14.3. The molecule has 2 aliphatic carbocycles. The van der Waals surface area contributed by atoms with Gasteiger partial charge in [0.15, 0.2) is 0 Å². The third kappa shape index (κ3) is 5.28. The molecule has 1 unspecified atom stereocenters. The Labute approximate surface area is 380 Å². The Bertz CT molecular complexity index is 3830. The molecule has 0 radical (unpaired) electrons. The van der Waals surface area contributed by atoms with Crippen LogP contribution in [0.1, 0.15) is 29.1 Å². The molecule has 300 valence electrons. The largest absolute Gasteiger partial charge is 0.310 e. The third-order valence-electron chi connectivity index (χ3n) is 13.2. The molecule has 1 atom stereocenters. The van der Waals surface area contributed by atoms with Gasteiger partial charge in [0.05, 0.1) is 23.3 Å². The van der Waals surface area contributed by atoms with Crippen LogP contribution < -0.4 is 9.80 Å². The van der Waals surface area contributed by atoms with Crippen molar-refractivity contribution in [3.05, 3.63) is 271 Å². The predicted molar refractivity (Wildman–Crippen MR) is 266 cm³/mol. The van der Waals surface area contributed by atoms with Gasteiger partial charge in [0, 0.05) is 50.6 Å². The molecule has 0 saturated carbocycles. The Morgan fingerprint density at radius 1 is 0.328 bits per heavy atom. The Hall–Kier alpha value is -8.40. The summed E-state index contributed by atoms with van der Waals surface area (Å²) in [6.45, 7) is 0. The van der Waals surface area contributed by atoms with E-state index in [1.54, 1.807) is 0 Å². The van der Waals surface area contributed by atoms with E-state index in [1.165, 1.54) is 5.39 Å². The summed E-state index contributed by atoms with van der Waals surface area (Å²) >= 11 is 0. The highest BCUT2D eigenvalue weighted by molar-refractivity contribution is 6.11. The highest BCUT2D eigenvalue weighted by Gasteiger charge is 2.52. The molecule has 3 heteroatoms. The molecule has 0 bridgehead atoms. The van der Waals surface area contributed by atoms with E-state index < -0.39 is 11.5 Å². The van der Waals surface area contributed by atoms with Crippen LogP contribution >= 0.6 is 0 Å². The number of rotatable bonds is 7.